The molecule has 0 aliphatic heterocycles. The summed E-state index contributed by atoms with van der Waals surface area (Å²) in [6, 6.07) is 50.8. The molecule has 190 valence electrons. The molecule has 0 fully saturated rings. The van der Waals surface area contributed by atoms with Gasteiger partial charge in [0.1, 0.15) is 0 Å². The van der Waals surface area contributed by atoms with Crippen LogP contribution in [0, 0.1) is 0 Å². The second kappa shape index (κ2) is 8.51. The minimum absolute atomic E-state index is 1.01. The Kier molecular flexibility index (Phi) is 4.64. The second-order valence-corrected chi connectivity index (χ2v) is 10.8. The van der Waals surface area contributed by atoms with Gasteiger partial charge in [0.05, 0.1) is 16.6 Å². The zero-order valence-corrected chi connectivity index (χ0v) is 22.3. The summed E-state index contributed by atoms with van der Waals surface area (Å²) >= 11 is 0. The molecule has 9 rings (SSSR count). The Labute approximate surface area is 237 Å². The predicted octanol–water partition coefficient (Wildman–Crippen LogP) is 10.3. The molecular weight excluding hydrogens is 496 g/mol. The van der Waals surface area contributed by atoms with E-state index in [1.807, 2.05) is 12.3 Å². The lowest BCUT2D eigenvalue weighted by Crippen LogP contribution is -2.00. The summed E-state index contributed by atoms with van der Waals surface area (Å²) in [6.45, 7) is 0. The van der Waals surface area contributed by atoms with Crippen molar-refractivity contribution in [2.75, 3.05) is 0 Å². The smallest absolute Gasteiger partial charge is 0.0708 e. The Morgan fingerprint density at radius 2 is 0.902 bits per heavy atom. The Morgan fingerprint density at radius 3 is 1.56 bits per heavy atom. The molecule has 0 spiro atoms. The summed E-state index contributed by atoms with van der Waals surface area (Å²) < 4.78 is 2.41. The highest BCUT2D eigenvalue weighted by molar-refractivity contribution is 6.10. The Balaban J connectivity index is 1.40. The summed E-state index contributed by atoms with van der Waals surface area (Å²) in [6.07, 6.45) is 1.88. The maximum absolute atomic E-state index is 4.70. The third-order valence-electron chi connectivity index (χ3n) is 8.60. The van der Waals surface area contributed by atoms with Crippen LogP contribution in [0.4, 0.5) is 0 Å². The molecule has 2 aromatic heterocycles. The van der Waals surface area contributed by atoms with Crippen LogP contribution in [0.15, 0.2) is 146 Å². The van der Waals surface area contributed by atoms with Gasteiger partial charge in [0.25, 0.3) is 0 Å². The van der Waals surface area contributed by atoms with Crippen molar-refractivity contribution in [1.82, 2.24) is 9.55 Å². The van der Waals surface area contributed by atoms with Crippen LogP contribution >= 0.6 is 0 Å². The highest BCUT2D eigenvalue weighted by Gasteiger charge is 2.23. The Morgan fingerprint density at radius 1 is 0.390 bits per heavy atom. The number of nitrogens with zero attached hydrogens (tertiary/aromatic N) is 2. The third-order valence-corrected chi connectivity index (χ3v) is 8.60. The van der Waals surface area contributed by atoms with Crippen molar-refractivity contribution in [3.05, 3.63) is 146 Å². The molecule has 2 heteroatoms. The molecule has 41 heavy (non-hydrogen) atoms. The van der Waals surface area contributed by atoms with Crippen LogP contribution in [-0.4, -0.2) is 9.55 Å². The molecule has 6 aromatic carbocycles. The number of hydrogen-bond donors (Lipinski definition) is 0. The van der Waals surface area contributed by atoms with Crippen LogP contribution in [0.25, 0.3) is 82.9 Å². The van der Waals surface area contributed by atoms with Gasteiger partial charge in [-0.15, -0.1) is 0 Å². The first-order valence-electron chi connectivity index (χ1n) is 14.1. The van der Waals surface area contributed by atoms with E-state index in [0.717, 1.165) is 16.6 Å². The van der Waals surface area contributed by atoms with Gasteiger partial charge >= 0.3 is 0 Å². The lowest BCUT2D eigenvalue weighted by molar-refractivity contribution is 1.18. The number of benzene rings is 6. The van der Waals surface area contributed by atoms with Crippen molar-refractivity contribution in [3.63, 3.8) is 0 Å². The molecule has 0 atom stereocenters. The van der Waals surface area contributed by atoms with Crippen LogP contribution in [0.5, 0.6) is 0 Å². The number of pyridine rings is 1. The van der Waals surface area contributed by atoms with Crippen molar-refractivity contribution >= 4 is 32.7 Å². The molecule has 0 radical (unpaired) electrons. The predicted molar refractivity (Wildman–Crippen MR) is 171 cm³/mol. The highest BCUT2D eigenvalue weighted by atomic mass is 15.0. The highest BCUT2D eigenvalue weighted by Crippen LogP contribution is 2.49. The molecule has 0 saturated heterocycles. The minimum atomic E-state index is 1.01. The molecule has 0 N–H and O–H groups in total. The molecule has 8 aromatic rings. The fourth-order valence-corrected chi connectivity index (χ4v) is 6.80. The van der Waals surface area contributed by atoms with Gasteiger partial charge in [-0.25, -0.2) is 0 Å². The van der Waals surface area contributed by atoms with Crippen LogP contribution in [0.2, 0.25) is 0 Å². The van der Waals surface area contributed by atoms with E-state index < -0.39 is 0 Å². The third kappa shape index (κ3) is 3.22. The maximum Gasteiger partial charge on any atom is 0.0708 e. The number of hydrogen-bond acceptors (Lipinski definition) is 1. The first kappa shape index (κ1) is 22.4. The van der Waals surface area contributed by atoms with Crippen molar-refractivity contribution in [2.45, 2.75) is 0 Å². The van der Waals surface area contributed by atoms with E-state index in [0.29, 0.717) is 0 Å². The van der Waals surface area contributed by atoms with E-state index in [-0.39, 0.29) is 0 Å². The SMILES string of the molecule is c1ccc2c(c1)-c1ccc(-n3c4ccccc4c4ccccc43)cc1-c1ccccc1-c1cc3cccnc3cc1-2. The average molecular weight is 521 g/mol. The number of aromatic nitrogens is 2. The van der Waals surface area contributed by atoms with E-state index in [4.69, 9.17) is 4.98 Å². The summed E-state index contributed by atoms with van der Waals surface area (Å²) in [5, 5.41) is 3.70. The van der Waals surface area contributed by atoms with Crippen LogP contribution in [-0.2, 0) is 0 Å². The number of rotatable bonds is 1. The summed E-state index contributed by atoms with van der Waals surface area (Å²) in [5.74, 6) is 0. The second-order valence-electron chi connectivity index (χ2n) is 10.8. The van der Waals surface area contributed by atoms with E-state index >= 15 is 0 Å². The molecule has 1 aliphatic carbocycles. The molecule has 0 unspecified atom stereocenters. The van der Waals surface area contributed by atoms with Gasteiger partial charge in [-0.05, 0) is 87.0 Å². The zero-order valence-electron chi connectivity index (χ0n) is 22.3. The van der Waals surface area contributed by atoms with Crippen molar-refractivity contribution in [3.8, 4) is 50.2 Å². The van der Waals surface area contributed by atoms with Crippen LogP contribution in [0.3, 0.4) is 0 Å². The summed E-state index contributed by atoms with van der Waals surface area (Å²) in [4.78, 5) is 4.70. The molecule has 2 nitrogen and oxygen atoms in total. The van der Waals surface area contributed by atoms with E-state index in [9.17, 15) is 0 Å². The molecular formula is C39H24N2. The number of fused-ring (bicyclic) bond motifs is 12. The van der Waals surface area contributed by atoms with Gasteiger partial charge in [-0.3, -0.25) is 4.98 Å². The van der Waals surface area contributed by atoms with Gasteiger partial charge in [0.15, 0.2) is 0 Å². The van der Waals surface area contributed by atoms with E-state index in [2.05, 4.69) is 138 Å². The van der Waals surface area contributed by atoms with Gasteiger partial charge in [-0.2, -0.15) is 0 Å². The molecule has 0 bridgehead atoms. The van der Waals surface area contributed by atoms with Crippen LogP contribution < -0.4 is 0 Å². The van der Waals surface area contributed by atoms with Gasteiger partial charge in [0.2, 0.25) is 0 Å². The van der Waals surface area contributed by atoms with E-state index in [1.165, 1.54) is 66.3 Å². The first-order valence-corrected chi connectivity index (χ1v) is 14.1. The average Bonchev–Trinajstić information content (AvgIpc) is 3.38. The Hall–Kier alpha value is -5.47. The fourth-order valence-electron chi connectivity index (χ4n) is 6.80. The minimum Gasteiger partial charge on any atom is -0.309 e. The molecule has 1 aliphatic rings. The molecule has 2 heterocycles. The molecule has 0 amide bonds. The summed E-state index contributed by atoms with van der Waals surface area (Å²) in [7, 11) is 0. The fraction of sp³-hybridized carbons (Fsp3) is 0. The topological polar surface area (TPSA) is 17.8 Å². The monoisotopic (exact) mass is 520 g/mol. The first-order chi connectivity index (χ1) is 20.3. The molecule has 0 saturated carbocycles. The normalized spacial score (nSPS) is 11.9. The maximum atomic E-state index is 4.70. The van der Waals surface area contributed by atoms with Gasteiger partial charge in [-0.1, -0.05) is 97.1 Å². The summed E-state index contributed by atoms with van der Waals surface area (Å²) in [5.41, 5.74) is 14.5. The van der Waals surface area contributed by atoms with Crippen molar-refractivity contribution in [2.24, 2.45) is 0 Å². The zero-order chi connectivity index (χ0) is 26.9. The van der Waals surface area contributed by atoms with Gasteiger partial charge in [0, 0.05) is 28.0 Å². The lowest BCUT2D eigenvalue weighted by Gasteiger charge is -2.24. The van der Waals surface area contributed by atoms with Crippen molar-refractivity contribution in [1.29, 1.82) is 0 Å². The largest absolute Gasteiger partial charge is 0.309 e. The van der Waals surface area contributed by atoms with Gasteiger partial charge < -0.3 is 4.57 Å². The van der Waals surface area contributed by atoms with E-state index in [1.54, 1.807) is 0 Å². The lowest BCUT2D eigenvalue weighted by atomic mass is 9.80. The van der Waals surface area contributed by atoms with Crippen LogP contribution in [0.1, 0.15) is 0 Å². The Bertz CT molecular complexity index is 2270. The number of para-hydroxylation sites is 2. The van der Waals surface area contributed by atoms with Crippen molar-refractivity contribution < 1.29 is 0 Å². The standard InChI is InChI=1S/C39H24N2/c1-2-12-28-27(11-1)31-20-19-26(41-38-17-7-5-15-32(38)33-16-6-8-18-39(33)41)23-35(31)30-14-4-3-13-29(30)34-22-25-10-9-21-40-37(25)24-36(28)34/h1-24H. The quantitative estimate of drug-likeness (QED) is 0.210.